The average Bonchev–Trinajstić information content (AvgIpc) is 1.87. The van der Waals surface area contributed by atoms with Crippen molar-refractivity contribution < 1.29 is 9.79 Å². The molecule has 0 heterocycles. The van der Waals surface area contributed by atoms with Crippen LogP contribution in [0.5, 0.6) is 0 Å². The zero-order valence-corrected chi connectivity index (χ0v) is 7.20. The maximum Gasteiger partial charge on any atom is 0.247 e. The van der Waals surface area contributed by atoms with Gasteiger partial charge >= 0.3 is 0 Å². The van der Waals surface area contributed by atoms with Gasteiger partial charge in [-0.25, -0.2) is 0 Å². The highest BCUT2D eigenvalue weighted by Gasteiger charge is 1.72. The predicted octanol–water partition coefficient (Wildman–Crippen LogP) is 1.15. The van der Waals surface area contributed by atoms with Gasteiger partial charge < -0.3 is 9.79 Å². The molecule has 0 atom stereocenters. The lowest BCUT2D eigenvalue weighted by atomic mass is 10.2. The van der Waals surface area contributed by atoms with Gasteiger partial charge in [0, 0.05) is 0 Å². The Bertz CT molecular complexity index is 176. The van der Waals surface area contributed by atoms with E-state index in [1.54, 1.807) is 0 Å². The smallest absolute Gasteiger partial charge is 0.247 e. The zero-order valence-electron chi connectivity index (χ0n) is 6.31. The lowest BCUT2D eigenvalue weighted by Crippen LogP contribution is -1.78. The third kappa shape index (κ3) is 9.53. The van der Waals surface area contributed by atoms with Gasteiger partial charge in [-0.2, -0.15) is 0 Å². The van der Waals surface area contributed by atoms with Crippen molar-refractivity contribution in [2.24, 2.45) is 5.50 Å². The van der Waals surface area contributed by atoms with Crippen molar-refractivity contribution in [3.05, 3.63) is 35.9 Å². The van der Waals surface area contributed by atoms with E-state index in [1.807, 2.05) is 18.2 Å². The number of nitrogens with two attached hydrogens (primary N) is 1. The third-order valence-corrected chi connectivity index (χ3v) is 0.940. The predicted molar refractivity (Wildman–Crippen MR) is 46.7 cm³/mol. The minimum Gasteiger partial charge on any atom is -0.338 e. The van der Waals surface area contributed by atoms with Crippen LogP contribution in [0.4, 0.5) is 0 Å². The molecule has 1 rings (SSSR count). The molecule has 4 N–H and O–H groups in total. The van der Waals surface area contributed by atoms with Gasteiger partial charge in [-0.1, -0.05) is 35.9 Å². The van der Waals surface area contributed by atoms with Crippen molar-refractivity contribution in [1.82, 2.24) is 0 Å². The number of aryl methyl sites for hydroxylation is 1. The van der Waals surface area contributed by atoms with Gasteiger partial charge in [0.2, 0.25) is 8.53 Å². The number of rotatable bonds is 0. The zero-order chi connectivity index (χ0) is 8.69. The Morgan fingerprint density at radius 1 is 1.18 bits per heavy atom. The van der Waals surface area contributed by atoms with Crippen molar-refractivity contribution in [3.8, 4) is 0 Å². The SMILES string of the molecule is Cc1ccccc1.NP(O)O. The van der Waals surface area contributed by atoms with Crippen molar-refractivity contribution in [1.29, 1.82) is 0 Å². The van der Waals surface area contributed by atoms with Crippen LogP contribution in [0.15, 0.2) is 30.3 Å². The Hall–Kier alpha value is -0.470. The van der Waals surface area contributed by atoms with Gasteiger partial charge in [0.05, 0.1) is 0 Å². The third-order valence-electron chi connectivity index (χ3n) is 0.940. The van der Waals surface area contributed by atoms with Crippen molar-refractivity contribution in [2.75, 3.05) is 0 Å². The molecule has 62 valence electrons. The number of hydrogen-bond donors (Lipinski definition) is 3. The van der Waals surface area contributed by atoms with E-state index in [4.69, 9.17) is 9.79 Å². The highest BCUT2D eigenvalue weighted by molar-refractivity contribution is 7.42. The van der Waals surface area contributed by atoms with Gasteiger partial charge in [-0.05, 0) is 6.92 Å². The first-order valence-electron chi connectivity index (χ1n) is 3.07. The molecule has 0 aromatic heterocycles. The summed E-state index contributed by atoms with van der Waals surface area (Å²) >= 11 is 0. The van der Waals surface area contributed by atoms with E-state index in [9.17, 15) is 0 Å². The normalized spacial score (nSPS) is 8.82. The summed E-state index contributed by atoms with van der Waals surface area (Å²) in [6.45, 7) is 2.08. The quantitative estimate of drug-likeness (QED) is 0.515. The van der Waals surface area contributed by atoms with Crippen LogP contribution in [0.3, 0.4) is 0 Å². The fraction of sp³-hybridized carbons (Fsp3) is 0.143. The minimum absolute atomic E-state index is 1.32. The summed E-state index contributed by atoms with van der Waals surface area (Å²) < 4.78 is 0. The molecule has 3 nitrogen and oxygen atoms in total. The molecular formula is C7H12NO2P. The highest BCUT2D eigenvalue weighted by atomic mass is 31.2. The van der Waals surface area contributed by atoms with Crippen LogP contribution in [0.1, 0.15) is 5.56 Å². The first-order chi connectivity index (χ1) is 5.13. The Balaban J connectivity index is 0.000000218. The molecule has 0 fully saturated rings. The van der Waals surface area contributed by atoms with Crippen molar-refractivity contribution >= 4 is 8.53 Å². The van der Waals surface area contributed by atoms with E-state index in [1.165, 1.54) is 5.56 Å². The molecule has 11 heavy (non-hydrogen) atoms. The van der Waals surface area contributed by atoms with Crippen molar-refractivity contribution in [3.63, 3.8) is 0 Å². The molecule has 0 saturated carbocycles. The number of hydrogen-bond acceptors (Lipinski definition) is 3. The van der Waals surface area contributed by atoms with Gasteiger partial charge in [0.1, 0.15) is 0 Å². The second-order valence-corrected chi connectivity index (χ2v) is 2.62. The first-order valence-corrected chi connectivity index (χ1v) is 4.39. The second-order valence-electron chi connectivity index (χ2n) is 1.98. The largest absolute Gasteiger partial charge is 0.338 e. The van der Waals surface area contributed by atoms with Crippen LogP contribution >= 0.6 is 8.53 Å². The summed E-state index contributed by atoms with van der Waals surface area (Å²) in [6, 6.07) is 10.3. The molecule has 0 bridgehead atoms. The van der Waals surface area contributed by atoms with E-state index in [2.05, 4.69) is 24.6 Å². The maximum atomic E-state index is 7.45. The van der Waals surface area contributed by atoms with Crippen LogP contribution < -0.4 is 5.50 Å². The fourth-order valence-corrected chi connectivity index (χ4v) is 0.534. The van der Waals surface area contributed by atoms with Gasteiger partial charge in [-0.15, -0.1) is 0 Å². The summed E-state index contributed by atoms with van der Waals surface area (Å²) in [7, 11) is -2.12. The standard InChI is InChI=1S/C7H8.H4NO2P/c1-7-5-3-2-4-6-7;1-4(2)3/h2-6H,1H3;2-3H,1H2. The molecule has 0 aliphatic carbocycles. The summed E-state index contributed by atoms with van der Waals surface area (Å²) in [5.41, 5.74) is 5.61. The molecule has 0 amide bonds. The van der Waals surface area contributed by atoms with E-state index in [0.29, 0.717) is 0 Å². The molecule has 0 unspecified atom stereocenters. The molecule has 0 aliphatic heterocycles. The topological polar surface area (TPSA) is 66.5 Å². The Kier molecular flexibility index (Phi) is 5.99. The van der Waals surface area contributed by atoms with Gasteiger partial charge in [-0.3, -0.25) is 5.50 Å². The maximum absolute atomic E-state index is 7.45. The molecule has 0 spiro atoms. The number of benzene rings is 1. The monoisotopic (exact) mass is 173 g/mol. The summed E-state index contributed by atoms with van der Waals surface area (Å²) in [5, 5.41) is 0. The van der Waals surface area contributed by atoms with Crippen LogP contribution in [-0.4, -0.2) is 9.79 Å². The van der Waals surface area contributed by atoms with Crippen LogP contribution in [-0.2, 0) is 0 Å². The van der Waals surface area contributed by atoms with E-state index in [-0.39, 0.29) is 0 Å². The molecule has 0 aliphatic rings. The average molecular weight is 173 g/mol. The molecular weight excluding hydrogens is 161 g/mol. The van der Waals surface area contributed by atoms with Crippen LogP contribution in [0, 0.1) is 6.92 Å². The lowest BCUT2D eigenvalue weighted by molar-refractivity contribution is 0.485. The molecule has 1 aromatic carbocycles. The van der Waals surface area contributed by atoms with Gasteiger partial charge in [0.15, 0.2) is 0 Å². The van der Waals surface area contributed by atoms with E-state index >= 15 is 0 Å². The Labute approximate surface area is 67.5 Å². The summed E-state index contributed by atoms with van der Waals surface area (Å²) in [6.07, 6.45) is 0. The Morgan fingerprint density at radius 3 is 1.73 bits per heavy atom. The summed E-state index contributed by atoms with van der Waals surface area (Å²) in [5.74, 6) is 0. The second kappa shape index (κ2) is 6.25. The molecule has 4 heteroatoms. The van der Waals surface area contributed by atoms with E-state index < -0.39 is 8.53 Å². The highest BCUT2D eigenvalue weighted by Crippen LogP contribution is 2.05. The van der Waals surface area contributed by atoms with E-state index in [0.717, 1.165) is 0 Å². The fourth-order valence-electron chi connectivity index (χ4n) is 0.534. The minimum atomic E-state index is -2.12. The molecule has 0 radical (unpaired) electrons. The van der Waals surface area contributed by atoms with Crippen LogP contribution in [0.25, 0.3) is 0 Å². The van der Waals surface area contributed by atoms with Gasteiger partial charge in [0.25, 0.3) is 0 Å². The van der Waals surface area contributed by atoms with Crippen molar-refractivity contribution in [2.45, 2.75) is 6.92 Å². The lowest BCUT2D eigenvalue weighted by Gasteiger charge is -1.82. The Morgan fingerprint density at radius 2 is 1.55 bits per heavy atom. The molecule has 0 saturated heterocycles. The summed E-state index contributed by atoms with van der Waals surface area (Å²) in [4.78, 5) is 14.9. The molecule has 1 aromatic rings. The van der Waals surface area contributed by atoms with Crippen LogP contribution in [0.2, 0.25) is 0 Å². The first kappa shape index (κ1) is 10.5.